The Hall–Kier alpha value is -0.280. The molecule has 0 aromatic heterocycles. The van der Waals surface area contributed by atoms with Gasteiger partial charge in [0.25, 0.3) is 0 Å². The van der Waals surface area contributed by atoms with Crippen molar-refractivity contribution < 1.29 is 28.8 Å². The quantitative estimate of drug-likeness (QED) is 0.444. The molecule has 7 nitrogen and oxygen atoms in total. The third-order valence-electron chi connectivity index (χ3n) is 15.8. The third-order valence-corrected chi connectivity index (χ3v) is 15.8. The van der Waals surface area contributed by atoms with Crippen LogP contribution in [-0.2, 0) is 23.7 Å². The maximum atomic E-state index is 12.4. The van der Waals surface area contributed by atoms with Crippen molar-refractivity contribution in [3.63, 3.8) is 0 Å². The highest BCUT2D eigenvalue weighted by Gasteiger charge is 2.84. The number of nitrogens with zero attached hydrogens (tertiary/aromatic N) is 1. The van der Waals surface area contributed by atoms with Gasteiger partial charge < -0.3 is 28.8 Å². The van der Waals surface area contributed by atoms with Gasteiger partial charge in [-0.2, -0.15) is 0 Å². The van der Waals surface area contributed by atoms with Gasteiger partial charge in [-0.3, -0.25) is 4.90 Å². The minimum absolute atomic E-state index is 0.0612. The first kappa shape index (κ1) is 30.1. The Balaban J connectivity index is 1.02. The molecule has 5 saturated carbocycles. The molecule has 3 heterocycles. The SMILES string of the molecule is CCOCC1C[C@@H](C)[C@H]2C(O1)[C@H](O)[C@@]1(C)C3CC[C@H]4C(C)(C)C(O[C@H]5CN(C6COC6)CCO5)CC[C@@]45C[C@@]35CC[C@]21C. The van der Waals surface area contributed by atoms with Crippen molar-refractivity contribution in [3.8, 4) is 0 Å². The fourth-order valence-corrected chi connectivity index (χ4v) is 13.6. The van der Waals surface area contributed by atoms with E-state index < -0.39 is 6.10 Å². The summed E-state index contributed by atoms with van der Waals surface area (Å²) >= 11 is 0. The number of hydrogen-bond acceptors (Lipinski definition) is 7. The second-order valence-electron chi connectivity index (χ2n) is 17.4. The summed E-state index contributed by atoms with van der Waals surface area (Å²) in [6.07, 6.45) is 9.62. The molecule has 7 heteroatoms. The highest BCUT2D eigenvalue weighted by molar-refractivity contribution is 5.32. The van der Waals surface area contributed by atoms with Crippen LogP contribution in [0.15, 0.2) is 0 Å². The molecule has 0 amide bonds. The van der Waals surface area contributed by atoms with Crippen LogP contribution in [0.4, 0.5) is 0 Å². The van der Waals surface area contributed by atoms with Crippen LogP contribution in [0, 0.1) is 50.7 Å². The summed E-state index contributed by atoms with van der Waals surface area (Å²) in [6, 6.07) is 0.538. The normalized spacial score (nSPS) is 55.7. The minimum Gasteiger partial charge on any atom is -0.390 e. The van der Waals surface area contributed by atoms with Gasteiger partial charge in [0.1, 0.15) is 0 Å². The molecule has 8 rings (SSSR count). The molecule has 43 heavy (non-hydrogen) atoms. The molecule has 2 spiro atoms. The number of aliphatic hydroxyl groups is 1. The van der Waals surface area contributed by atoms with Crippen LogP contribution in [0.3, 0.4) is 0 Å². The summed E-state index contributed by atoms with van der Waals surface area (Å²) in [5.41, 5.74) is 0.907. The van der Waals surface area contributed by atoms with Crippen molar-refractivity contribution in [1.29, 1.82) is 0 Å². The van der Waals surface area contributed by atoms with Crippen molar-refractivity contribution in [2.45, 2.75) is 130 Å². The van der Waals surface area contributed by atoms with Crippen LogP contribution < -0.4 is 0 Å². The average Bonchev–Trinajstić information content (AvgIpc) is 3.57. The van der Waals surface area contributed by atoms with Gasteiger partial charge in [0, 0.05) is 18.6 Å². The monoisotopic (exact) mass is 601 g/mol. The van der Waals surface area contributed by atoms with E-state index in [1.54, 1.807) is 0 Å². The highest BCUT2D eigenvalue weighted by atomic mass is 16.7. The zero-order valence-corrected chi connectivity index (χ0v) is 27.8. The lowest BCUT2D eigenvalue weighted by Crippen LogP contribution is -2.60. The summed E-state index contributed by atoms with van der Waals surface area (Å²) < 4.78 is 31.2. The van der Waals surface area contributed by atoms with E-state index in [9.17, 15) is 5.11 Å². The summed E-state index contributed by atoms with van der Waals surface area (Å²) in [7, 11) is 0. The number of hydrogen-bond donors (Lipinski definition) is 1. The molecule has 1 N–H and O–H groups in total. The van der Waals surface area contributed by atoms with Crippen LogP contribution in [0.25, 0.3) is 0 Å². The summed E-state index contributed by atoms with van der Waals surface area (Å²) in [6.45, 7) is 20.2. The van der Waals surface area contributed by atoms with Crippen molar-refractivity contribution in [1.82, 2.24) is 4.90 Å². The van der Waals surface area contributed by atoms with Gasteiger partial charge in [-0.1, -0.05) is 34.6 Å². The number of ether oxygens (including phenoxy) is 5. The first-order valence-electron chi connectivity index (χ1n) is 18.0. The van der Waals surface area contributed by atoms with Crippen molar-refractivity contribution in [2.24, 2.45) is 50.7 Å². The van der Waals surface area contributed by atoms with Crippen LogP contribution in [0.2, 0.25) is 0 Å². The first-order valence-corrected chi connectivity index (χ1v) is 18.0. The van der Waals surface area contributed by atoms with Gasteiger partial charge in [-0.05, 0) is 104 Å². The van der Waals surface area contributed by atoms with Crippen molar-refractivity contribution in [2.75, 3.05) is 46.1 Å². The van der Waals surface area contributed by atoms with Crippen LogP contribution in [0.5, 0.6) is 0 Å². The molecule has 3 aliphatic heterocycles. The number of morpholine rings is 1. The largest absolute Gasteiger partial charge is 0.390 e. The molecule has 8 aliphatic rings. The van der Waals surface area contributed by atoms with Crippen LogP contribution in [-0.4, -0.2) is 92.9 Å². The van der Waals surface area contributed by atoms with Gasteiger partial charge in [-0.15, -0.1) is 0 Å². The Morgan fingerprint density at radius 1 is 0.977 bits per heavy atom. The van der Waals surface area contributed by atoms with E-state index in [1.807, 2.05) is 0 Å². The van der Waals surface area contributed by atoms with E-state index in [4.69, 9.17) is 23.7 Å². The third kappa shape index (κ3) is 3.91. The Labute approximate surface area is 260 Å². The fraction of sp³-hybridized carbons (Fsp3) is 1.00. The lowest BCUT2D eigenvalue weighted by atomic mass is 9.41. The average molecular weight is 602 g/mol. The molecular formula is C36H59NO6. The smallest absolute Gasteiger partial charge is 0.170 e. The van der Waals surface area contributed by atoms with E-state index in [0.717, 1.165) is 52.4 Å². The molecular weight excluding hydrogens is 542 g/mol. The lowest BCUT2D eigenvalue weighted by Gasteiger charge is -2.64. The predicted octanol–water partition coefficient (Wildman–Crippen LogP) is 5.28. The number of fused-ring (bicyclic) bond motifs is 4. The molecule has 0 aromatic rings. The topological polar surface area (TPSA) is 69.6 Å². The van der Waals surface area contributed by atoms with Crippen molar-refractivity contribution in [3.05, 3.63) is 0 Å². The van der Waals surface area contributed by atoms with Gasteiger partial charge in [0.15, 0.2) is 6.29 Å². The standard InChI is InChI=1S/C36H59NO6/c1-7-39-20-24-16-22(2)29-30(42-24)31(38)34(6)26-9-8-25-32(3,4)27(43-28-17-37(14-15-41-28)23-18-40-19-23)10-11-35(25)21-36(26,35)13-12-33(29,34)5/h22-31,38H,7-21H2,1-6H3/t22-,24?,25+,26?,27?,28+,29+,30?,31+,33-,34-,35-,36+/m1/s1. The van der Waals surface area contributed by atoms with Gasteiger partial charge >= 0.3 is 0 Å². The molecule has 3 saturated heterocycles. The van der Waals surface area contributed by atoms with E-state index in [-0.39, 0.29) is 40.8 Å². The van der Waals surface area contributed by atoms with E-state index in [2.05, 4.69) is 46.4 Å². The van der Waals surface area contributed by atoms with Crippen molar-refractivity contribution >= 4 is 0 Å². The van der Waals surface area contributed by atoms with Gasteiger partial charge in [-0.25, -0.2) is 0 Å². The second kappa shape index (κ2) is 10.1. The van der Waals surface area contributed by atoms with Crippen LogP contribution >= 0.6 is 0 Å². The maximum absolute atomic E-state index is 12.4. The Kier molecular flexibility index (Phi) is 7.07. The zero-order valence-electron chi connectivity index (χ0n) is 27.8. The number of aliphatic hydroxyl groups excluding tert-OH is 1. The molecule has 244 valence electrons. The highest BCUT2D eigenvalue weighted by Crippen LogP contribution is 2.89. The van der Waals surface area contributed by atoms with E-state index in [1.165, 1.54) is 38.5 Å². The van der Waals surface area contributed by atoms with Gasteiger partial charge in [0.2, 0.25) is 0 Å². The molecule has 5 aliphatic carbocycles. The molecule has 0 aromatic carbocycles. The maximum Gasteiger partial charge on any atom is 0.170 e. The fourth-order valence-electron chi connectivity index (χ4n) is 13.6. The lowest BCUT2D eigenvalue weighted by molar-refractivity contribution is -0.256. The zero-order chi connectivity index (χ0) is 30.0. The molecule has 4 unspecified atom stereocenters. The molecule has 8 fully saturated rings. The molecule has 13 atom stereocenters. The summed E-state index contributed by atoms with van der Waals surface area (Å²) in [5.74, 6) is 2.22. The van der Waals surface area contributed by atoms with Gasteiger partial charge in [0.05, 0.1) is 63.4 Å². The Morgan fingerprint density at radius 3 is 2.49 bits per heavy atom. The Bertz CT molecular complexity index is 1080. The molecule has 0 bridgehead atoms. The van der Waals surface area contributed by atoms with E-state index >= 15 is 0 Å². The molecule has 0 radical (unpaired) electrons. The first-order chi connectivity index (χ1) is 20.5. The minimum atomic E-state index is -0.397. The van der Waals surface area contributed by atoms with Crippen LogP contribution in [0.1, 0.15) is 92.9 Å². The van der Waals surface area contributed by atoms with E-state index in [0.29, 0.717) is 47.2 Å². The Morgan fingerprint density at radius 2 is 1.74 bits per heavy atom. The summed E-state index contributed by atoms with van der Waals surface area (Å²) in [4.78, 5) is 2.52. The second-order valence-corrected chi connectivity index (χ2v) is 17.4. The predicted molar refractivity (Wildman–Crippen MR) is 163 cm³/mol. The summed E-state index contributed by atoms with van der Waals surface area (Å²) in [5, 5.41) is 12.4. The number of rotatable bonds is 6.